The number of hydrogen-bond acceptors (Lipinski definition) is 5. The fraction of sp³-hybridized carbons (Fsp3) is 0.0769. The lowest BCUT2D eigenvalue weighted by Crippen LogP contribution is -1.97. The number of pyridine rings is 1. The van der Waals surface area contributed by atoms with E-state index in [1.807, 2.05) is 0 Å². The average Bonchev–Trinajstić information content (AvgIpc) is 2.81. The highest BCUT2D eigenvalue weighted by atomic mass is 32.2. The van der Waals surface area contributed by atoms with Crippen LogP contribution in [0.3, 0.4) is 0 Å². The molecular formula is C13H12N4O2S. The van der Waals surface area contributed by atoms with E-state index in [1.54, 1.807) is 47.0 Å². The minimum atomic E-state index is -3.20. The van der Waals surface area contributed by atoms with Gasteiger partial charge in [0, 0.05) is 23.7 Å². The summed E-state index contributed by atoms with van der Waals surface area (Å²) in [6.45, 7) is 0. The highest BCUT2D eigenvalue weighted by molar-refractivity contribution is 7.90. The monoisotopic (exact) mass is 288 g/mol. The molecule has 0 aliphatic carbocycles. The van der Waals surface area contributed by atoms with Crippen LogP contribution >= 0.6 is 0 Å². The van der Waals surface area contributed by atoms with Crippen LogP contribution in [0.15, 0.2) is 47.5 Å². The zero-order valence-electron chi connectivity index (χ0n) is 10.7. The molecule has 2 heterocycles. The molecule has 2 aromatic heterocycles. The highest BCUT2D eigenvalue weighted by Gasteiger charge is 2.10. The zero-order chi connectivity index (χ0) is 14.3. The lowest BCUT2D eigenvalue weighted by atomic mass is 10.2. The molecule has 0 bridgehead atoms. The Morgan fingerprint density at radius 1 is 1.05 bits per heavy atom. The molecule has 0 amide bonds. The second kappa shape index (κ2) is 4.31. The van der Waals surface area contributed by atoms with Crippen molar-refractivity contribution in [3.63, 3.8) is 0 Å². The normalized spacial score (nSPS) is 11.8. The molecule has 6 nitrogen and oxygen atoms in total. The number of rotatable bonds is 2. The molecule has 7 heteroatoms. The van der Waals surface area contributed by atoms with E-state index >= 15 is 0 Å². The standard InChI is InChI=1S/C13H12N4O2S/c1-20(18,19)11-5-2-9(3-6-11)13-16-15-12-7-4-10(14)8-17(12)13/h2-8H,14H2,1H3. The molecule has 0 atom stereocenters. The molecule has 0 aliphatic rings. The molecule has 102 valence electrons. The van der Waals surface area contributed by atoms with E-state index in [0.29, 0.717) is 17.2 Å². The van der Waals surface area contributed by atoms with E-state index in [-0.39, 0.29) is 4.90 Å². The second-order valence-corrected chi connectivity index (χ2v) is 6.53. The van der Waals surface area contributed by atoms with Crippen LogP contribution in [-0.4, -0.2) is 29.3 Å². The minimum absolute atomic E-state index is 0.273. The van der Waals surface area contributed by atoms with Gasteiger partial charge in [0.15, 0.2) is 21.3 Å². The number of nitrogens with two attached hydrogens (primary N) is 1. The summed E-state index contributed by atoms with van der Waals surface area (Å²) in [6.07, 6.45) is 2.91. The van der Waals surface area contributed by atoms with Gasteiger partial charge in [0.2, 0.25) is 0 Å². The summed E-state index contributed by atoms with van der Waals surface area (Å²) in [4.78, 5) is 0.273. The highest BCUT2D eigenvalue weighted by Crippen LogP contribution is 2.21. The molecule has 2 N–H and O–H groups in total. The number of nitrogens with zero attached hydrogens (tertiary/aromatic N) is 3. The first kappa shape index (κ1) is 12.6. The van der Waals surface area contributed by atoms with Crippen LogP contribution in [0.1, 0.15) is 0 Å². The Balaban J connectivity index is 2.14. The van der Waals surface area contributed by atoms with Crippen LogP contribution < -0.4 is 5.73 Å². The largest absolute Gasteiger partial charge is 0.398 e. The zero-order valence-corrected chi connectivity index (χ0v) is 11.5. The average molecular weight is 288 g/mol. The maximum Gasteiger partial charge on any atom is 0.175 e. The number of benzene rings is 1. The third kappa shape index (κ3) is 2.12. The van der Waals surface area contributed by atoms with Crippen molar-refractivity contribution < 1.29 is 8.42 Å². The van der Waals surface area contributed by atoms with Crippen LogP contribution in [0.4, 0.5) is 5.69 Å². The lowest BCUT2D eigenvalue weighted by molar-refractivity contribution is 0.602. The van der Waals surface area contributed by atoms with Gasteiger partial charge in [0.1, 0.15) is 0 Å². The number of fused-ring (bicyclic) bond motifs is 1. The predicted octanol–water partition coefficient (Wildman–Crippen LogP) is 1.38. The van der Waals surface area contributed by atoms with Gasteiger partial charge < -0.3 is 5.73 Å². The number of nitrogen functional groups attached to an aromatic ring is 1. The maximum atomic E-state index is 11.4. The van der Waals surface area contributed by atoms with Crippen LogP contribution in [0, 0.1) is 0 Å². The van der Waals surface area contributed by atoms with Gasteiger partial charge in [-0.15, -0.1) is 10.2 Å². The van der Waals surface area contributed by atoms with Gasteiger partial charge in [-0.2, -0.15) is 0 Å². The maximum absolute atomic E-state index is 11.4. The van der Waals surface area contributed by atoms with Crippen LogP contribution in [0.5, 0.6) is 0 Å². The summed E-state index contributed by atoms with van der Waals surface area (Å²) in [7, 11) is -3.20. The fourth-order valence-electron chi connectivity index (χ4n) is 1.96. The summed E-state index contributed by atoms with van der Waals surface area (Å²) >= 11 is 0. The Morgan fingerprint density at radius 3 is 2.40 bits per heavy atom. The van der Waals surface area contributed by atoms with Crippen molar-refractivity contribution in [3.8, 4) is 11.4 Å². The van der Waals surface area contributed by atoms with E-state index in [1.165, 1.54) is 6.26 Å². The SMILES string of the molecule is CS(=O)(=O)c1ccc(-c2nnc3ccc(N)cn23)cc1. The van der Waals surface area contributed by atoms with Crippen LogP contribution in [0.2, 0.25) is 0 Å². The molecule has 1 aromatic carbocycles. The van der Waals surface area contributed by atoms with E-state index in [2.05, 4.69) is 10.2 Å². The number of sulfone groups is 1. The molecule has 3 rings (SSSR count). The third-order valence-corrected chi connectivity index (χ3v) is 4.09. The Kier molecular flexibility index (Phi) is 2.72. The topological polar surface area (TPSA) is 90.3 Å². The van der Waals surface area contributed by atoms with E-state index in [4.69, 9.17) is 5.73 Å². The van der Waals surface area contributed by atoms with Gasteiger partial charge in [-0.25, -0.2) is 8.42 Å². The van der Waals surface area contributed by atoms with Gasteiger partial charge in [-0.05, 0) is 36.4 Å². The second-order valence-electron chi connectivity index (χ2n) is 4.51. The molecular weight excluding hydrogens is 276 g/mol. The quantitative estimate of drug-likeness (QED) is 0.769. The van der Waals surface area contributed by atoms with Gasteiger partial charge in [0.05, 0.1) is 4.90 Å². The molecule has 20 heavy (non-hydrogen) atoms. The van der Waals surface area contributed by atoms with Gasteiger partial charge >= 0.3 is 0 Å². The number of aromatic nitrogens is 3. The summed E-state index contributed by atoms with van der Waals surface area (Å²) in [6, 6.07) is 10.0. The molecule has 0 saturated heterocycles. The van der Waals surface area contributed by atoms with Crippen molar-refractivity contribution in [2.24, 2.45) is 0 Å². The third-order valence-electron chi connectivity index (χ3n) is 2.97. The summed E-state index contributed by atoms with van der Waals surface area (Å²) in [5.41, 5.74) is 7.81. The fourth-order valence-corrected chi connectivity index (χ4v) is 2.59. The Labute approximate surface area is 115 Å². The molecule has 0 unspecified atom stereocenters. The molecule has 0 saturated carbocycles. The predicted molar refractivity (Wildman–Crippen MR) is 75.9 cm³/mol. The Hall–Kier alpha value is -2.41. The number of hydrogen-bond donors (Lipinski definition) is 1. The van der Waals surface area contributed by atoms with Crippen molar-refractivity contribution in [2.45, 2.75) is 4.90 Å². The molecule has 3 aromatic rings. The summed E-state index contributed by atoms with van der Waals surface area (Å²) < 4.78 is 24.6. The van der Waals surface area contributed by atoms with Crippen molar-refractivity contribution >= 4 is 21.2 Å². The molecule has 0 radical (unpaired) electrons. The lowest BCUT2D eigenvalue weighted by Gasteiger charge is -2.02. The summed E-state index contributed by atoms with van der Waals surface area (Å²) in [5.74, 6) is 0.618. The molecule has 0 spiro atoms. The molecule has 0 aliphatic heterocycles. The van der Waals surface area contributed by atoms with Crippen LogP contribution in [-0.2, 0) is 9.84 Å². The first-order valence-corrected chi connectivity index (χ1v) is 7.75. The minimum Gasteiger partial charge on any atom is -0.398 e. The Bertz CT molecular complexity index is 882. The van der Waals surface area contributed by atoms with Gasteiger partial charge in [-0.3, -0.25) is 4.40 Å². The van der Waals surface area contributed by atoms with E-state index < -0.39 is 9.84 Å². The first-order valence-electron chi connectivity index (χ1n) is 5.86. The van der Waals surface area contributed by atoms with Crippen molar-refractivity contribution in [1.82, 2.24) is 14.6 Å². The number of anilines is 1. The van der Waals surface area contributed by atoms with Crippen molar-refractivity contribution in [3.05, 3.63) is 42.6 Å². The smallest absolute Gasteiger partial charge is 0.175 e. The van der Waals surface area contributed by atoms with Crippen molar-refractivity contribution in [1.29, 1.82) is 0 Å². The van der Waals surface area contributed by atoms with E-state index in [9.17, 15) is 8.42 Å². The van der Waals surface area contributed by atoms with Crippen molar-refractivity contribution in [2.75, 3.05) is 12.0 Å². The molecule has 0 fully saturated rings. The van der Waals surface area contributed by atoms with Gasteiger partial charge in [-0.1, -0.05) is 0 Å². The summed E-state index contributed by atoms with van der Waals surface area (Å²) in [5, 5.41) is 8.15. The Morgan fingerprint density at radius 2 is 1.75 bits per heavy atom. The van der Waals surface area contributed by atoms with Gasteiger partial charge in [0.25, 0.3) is 0 Å². The van der Waals surface area contributed by atoms with Crippen LogP contribution in [0.25, 0.3) is 17.0 Å². The van der Waals surface area contributed by atoms with E-state index in [0.717, 1.165) is 5.56 Å². The first-order chi connectivity index (χ1) is 9.45.